The summed E-state index contributed by atoms with van der Waals surface area (Å²) in [5, 5.41) is 12.1. The average molecular weight is 355 g/mol. The number of benzene rings is 1. The molecule has 0 amide bonds. The second-order valence-corrected chi connectivity index (χ2v) is 5.62. The number of phenols is 1. The molecule has 0 fully saturated rings. The van der Waals surface area contributed by atoms with E-state index in [1.54, 1.807) is 23.5 Å². The molecule has 17 heavy (non-hydrogen) atoms. The fourth-order valence-electron chi connectivity index (χ4n) is 1.44. The van der Waals surface area contributed by atoms with Gasteiger partial charge in [-0.15, -0.1) is 23.7 Å². The number of rotatable bonds is 2. The number of hydrogen-bond acceptors (Lipinski definition) is 3. The zero-order valence-corrected chi connectivity index (χ0v) is 12.5. The number of thiophene rings is 1. The minimum atomic E-state index is -0.352. The minimum Gasteiger partial charge on any atom is -0.506 e. The quantitative estimate of drug-likeness (QED) is 0.842. The summed E-state index contributed by atoms with van der Waals surface area (Å²) in [5.74, 6) is 0.0470. The van der Waals surface area contributed by atoms with Gasteiger partial charge in [-0.25, -0.2) is 0 Å². The molecule has 3 N–H and O–H groups in total. The Kier molecular flexibility index (Phi) is 5.28. The van der Waals surface area contributed by atoms with Crippen molar-refractivity contribution < 1.29 is 5.11 Å². The maximum absolute atomic E-state index is 9.86. The molecule has 0 saturated carbocycles. The van der Waals surface area contributed by atoms with Crippen LogP contribution in [0.25, 0.3) is 0 Å². The summed E-state index contributed by atoms with van der Waals surface area (Å²) in [5.41, 5.74) is 6.70. The Balaban J connectivity index is 0.00000144. The first kappa shape index (κ1) is 14.8. The van der Waals surface area contributed by atoms with E-state index in [1.807, 2.05) is 17.5 Å². The molecule has 6 heteroatoms. The lowest BCUT2D eigenvalue weighted by Crippen LogP contribution is -2.10. The Hall–Kier alpha value is -0.260. The molecule has 0 saturated heterocycles. The first-order chi connectivity index (χ1) is 7.59. The van der Waals surface area contributed by atoms with Gasteiger partial charge in [0.1, 0.15) is 5.75 Å². The minimum absolute atomic E-state index is 0. The highest BCUT2D eigenvalue weighted by atomic mass is 79.9. The third-order valence-corrected chi connectivity index (χ3v) is 3.94. The summed E-state index contributed by atoms with van der Waals surface area (Å²) in [7, 11) is 0. The van der Waals surface area contributed by atoms with E-state index in [0.29, 0.717) is 10.6 Å². The maximum Gasteiger partial charge on any atom is 0.139 e. The van der Waals surface area contributed by atoms with E-state index < -0.39 is 0 Å². The van der Waals surface area contributed by atoms with Crippen LogP contribution in [0, 0.1) is 0 Å². The Morgan fingerprint density at radius 2 is 2.12 bits per heavy atom. The monoisotopic (exact) mass is 353 g/mol. The largest absolute Gasteiger partial charge is 0.506 e. The smallest absolute Gasteiger partial charge is 0.139 e. The van der Waals surface area contributed by atoms with Gasteiger partial charge >= 0.3 is 0 Å². The van der Waals surface area contributed by atoms with E-state index in [0.717, 1.165) is 9.35 Å². The van der Waals surface area contributed by atoms with Crippen LogP contribution in [-0.2, 0) is 0 Å². The van der Waals surface area contributed by atoms with Crippen molar-refractivity contribution in [3.63, 3.8) is 0 Å². The summed E-state index contributed by atoms with van der Waals surface area (Å²) in [4.78, 5) is 0.990. The Labute approximate surface area is 123 Å². The van der Waals surface area contributed by atoms with Gasteiger partial charge in [0, 0.05) is 14.9 Å². The van der Waals surface area contributed by atoms with Gasteiger partial charge in [0.25, 0.3) is 0 Å². The lowest BCUT2D eigenvalue weighted by atomic mass is 10.1. The van der Waals surface area contributed by atoms with Gasteiger partial charge in [0.05, 0.1) is 11.1 Å². The molecule has 1 aromatic heterocycles. The zero-order chi connectivity index (χ0) is 11.7. The molecule has 0 bridgehead atoms. The van der Waals surface area contributed by atoms with E-state index in [-0.39, 0.29) is 24.2 Å². The van der Waals surface area contributed by atoms with E-state index >= 15 is 0 Å². The zero-order valence-electron chi connectivity index (χ0n) is 8.56. The van der Waals surface area contributed by atoms with Crippen molar-refractivity contribution in [2.24, 2.45) is 5.73 Å². The molecule has 0 aliphatic rings. The molecule has 0 unspecified atom stereocenters. The topological polar surface area (TPSA) is 46.2 Å². The van der Waals surface area contributed by atoms with Gasteiger partial charge in [0.2, 0.25) is 0 Å². The normalized spacial score (nSPS) is 11.9. The molecule has 2 aromatic rings. The predicted molar refractivity (Wildman–Crippen MR) is 78.4 cm³/mol. The third-order valence-electron chi connectivity index (χ3n) is 2.24. The standard InChI is InChI=1S/C11H9BrClNOS.ClH/c12-6-4-7(11(15)8(13)5-6)10(14)9-2-1-3-16-9;/h1-5,10,15H,14H2;1H/t10-;/m1./s1. The van der Waals surface area contributed by atoms with E-state index in [9.17, 15) is 5.11 Å². The van der Waals surface area contributed by atoms with Gasteiger partial charge in [-0.3, -0.25) is 0 Å². The molecular formula is C11H10BrCl2NOS. The summed E-state index contributed by atoms with van der Waals surface area (Å²) in [6.45, 7) is 0. The van der Waals surface area contributed by atoms with Crippen LogP contribution < -0.4 is 5.73 Å². The molecule has 2 rings (SSSR count). The Morgan fingerprint density at radius 1 is 1.41 bits per heavy atom. The van der Waals surface area contributed by atoms with Crippen molar-refractivity contribution >= 4 is 51.3 Å². The van der Waals surface area contributed by atoms with E-state index in [1.165, 1.54) is 0 Å². The molecular weight excluding hydrogens is 345 g/mol. The van der Waals surface area contributed by atoms with E-state index in [2.05, 4.69) is 15.9 Å². The van der Waals surface area contributed by atoms with Crippen molar-refractivity contribution in [1.82, 2.24) is 0 Å². The molecule has 1 aromatic carbocycles. The molecule has 1 atom stereocenters. The fraction of sp³-hybridized carbons (Fsp3) is 0.0909. The summed E-state index contributed by atoms with van der Waals surface area (Å²) < 4.78 is 0.803. The molecule has 0 radical (unpaired) electrons. The van der Waals surface area contributed by atoms with Crippen LogP contribution >= 0.6 is 51.3 Å². The van der Waals surface area contributed by atoms with Crippen LogP contribution in [0.4, 0.5) is 0 Å². The molecule has 92 valence electrons. The highest BCUT2D eigenvalue weighted by molar-refractivity contribution is 9.10. The number of hydrogen-bond donors (Lipinski definition) is 2. The number of phenolic OH excluding ortho intramolecular Hbond substituents is 1. The highest BCUT2D eigenvalue weighted by Gasteiger charge is 2.16. The Morgan fingerprint density at radius 3 is 2.71 bits per heavy atom. The van der Waals surface area contributed by atoms with Crippen molar-refractivity contribution in [2.75, 3.05) is 0 Å². The summed E-state index contributed by atoms with van der Waals surface area (Å²) in [6.07, 6.45) is 0. The second kappa shape index (κ2) is 6.07. The van der Waals surface area contributed by atoms with Crippen molar-refractivity contribution in [3.05, 3.63) is 49.6 Å². The van der Waals surface area contributed by atoms with Gasteiger partial charge in [0.15, 0.2) is 0 Å². The lowest BCUT2D eigenvalue weighted by Gasteiger charge is -2.13. The van der Waals surface area contributed by atoms with Crippen LogP contribution in [0.3, 0.4) is 0 Å². The predicted octanol–water partition coefficient (Wildman–Crippen LogP) is 4.34. The Bertz CT molecular complexity index is 504. The van der Waals surface area contributed by atoms with Crippen LogP contribution in [0.15, 0.2) is 34.1 Å². The van der Waals surface area contributed by atoms with Gasteiger partial charge < -0.3 is 10.8 Å². The second-order valence-electron chi connectivity index (χ2n) is 3.32. The van der Waals surface area contributed by atoms with Crippen LogP contribution in [0.5, 0.6) is 5.75 Å². The number of halogens is 3. The summed E-state index contributed by atoms with van der Waals surface area (Å²) in [6, 6.07) is 6.93. The average Bonchev–Trinajstić information content (AvgIpc) is 2.75. The lowest BCUT2D eigenvalue weighted by molar-refractivity contribution is 0.465. The summed E-state index contributed by atoms with van der Waals surface area (Å²) >= 11 is 10.8. The van der Waals surface area contributed by atoms with Crippen molar-refractivity contribution in [1.29, 1.82) is 0 Å². The van der Waals surface area contributed by atoms with Gasteiger partial charge in [-0.2, -0.15) is 0 Å². The van der Waals surface area contributed by atoms with Crippen LogP contribution in [0.2, 0.25) is 5.02 Å². The highest BCUT2D eigenvalue weighted by Crippen LogP contribution is 2.37. The number of aromatic hydroxyl groups is 1. The first-order valence-electron chi connectivity index (χ1n) is 4.56. The molecule has 0 aliphatic heterocycles. The van der Waals surface area contributed by atoms with Gasteiger partial charge in [-0.1, -0.05) is 33.6 Å². The third kappa shape index (κ3) is 3.14. The first-order valence-corrected chi connectivity index (χ1v) is 6.61. The molecule has 2 nitrogen and oxygen atoms in total. The molecule has 0 spiro atoms. The fourth-order valence-corrected chi connectivity index (χ4v) is 3.02. The molecule has 1 heterocycles. The van der Waals surface area contributed by atoms with Crippen LogP contribution in [-0.4, -0.2) is 5.11 Å². The maximum atomic E-state index is 9.86. The number of nitrogens with two attached hydrogens (primary N) is 1. The van der Waals surface area contributed by atoms with Crippen LogP contribution in [0.1, 0.15) is 16.5 Å². The van der Waals surface area contributed by atoms with Gasteiger partial charge in [-0.05, 0) is 23.6 Å². The molecule has 0 aliphatic carbocycles. The SMILES string of the molecule is Cl.N[C@@H](c1cccs1)c1cc(Br)cc(Cl)c1O. The van der Waals surface area contributed by atoms with Crippen molar-refractivity contribution in [2.45, 2.75) is 6.04 Å². The van der Waals surface area contributed by atoms with E-state index in [4.69, 9.17) is 17.3 Å². The van der Waals surface area contributed by atoms with Crippen molar-refractivity contribution in [3.8, 4) is 5.75 Å².